The lowest BCUT2D eigenvalue weighted by Gasteiger charge is -2.21. The Morgan fingerprint density at radius 3 is 2.47 bits per heavy atom. The van der Waals surface area contributed by atoms with Gasteiger partial charge in [-0.05, 0) is 68.7 Å². The summed E-state index contributed by atoms with van der Waals surface area (Å²) in [5.74, 6) is 1.60. The van der Waals surface area contributed by atoms with Crippen molar-refractivity contribution in [1.82, 2.24) is 5.32 Å². The number of furan rings is 1. The number of benzene rings is 2. The third-order valence-corrected chi connectivity index (χ3v) is 5.61. The van der Waals surface area contributed by atoms with Crippen LogP contribution in [-0.2, 0) is 9.53 Å². The molecule has 1 aromatic heterocycles. The molecule has 2 N–H and O–H groups in total. The fourth-order valence-electron chi connectivity index (χ4n) is 3.91. The Morgan fingerprint density at radius 1 is 1.09 bits per heavy atom. The fourth-order valence-corrected chi connectivity index (χ4v) is 3.91. The van der Waals surface area contributed by atoms with Crippen molar-refractivity contribution in [1.29, 1.82) is 0 Å². The Morgan fingerprint density at radius 2 is 1.82 bits per heavy atom. The van der Waals surface area contributed by atoms with Gasteiger partial charge in [0.2, 0.25) is 0 Å². The first kappa shape index (κ1) is 25.1. The number of esters is 1. The predicted molar refractivity (Wildman–Crippen MR) is 133 cm³/mol. The van der Waals surface area contributed by atoms with Crippen molar-refractivity contribution >= 4 is 28.5 Å². The summed E-state index contributed by atoms with van der Waals surface area (Å²) in [5, 5.41) is 7.37. The molecule has 34 heavy (non-hydrogen) atoms. The molecule has 0 saturated carbocycles. The van der Waals surface area contributed by atoms with Crippen LogP contribution in [0.15, 0.2) is 46.9 Å². The quantitative estimate of drug-likeness (QED) is 0.356. The Labute approximate surface area is 200 Å². The number of methoxy groups -OCH3 is 1. The number of nitrogens with one attached hydrogen (secondary N) is 2. The van der Waals surface area contributed by atoms with Gasteiger partial charge in [0.15, 0.2) is 0 Å². The minimum atomic E-state index is -0.321. The number of fused-ring (bicyclic) bond motifs is 1. The molecule has 1 heterocycles. The van der Waals surface area contributed by atoms with E-state index in [1.807, 2.05) is 30.3 Å². The van der Waals surface area contributed by atoms with Crippen LogP contribution in [0.25, 0.3) is 11.0 Å². The molecule has 0 aliphatic rings. The zero-order chi connectivity index (χ0) is 24.7. The molecule has 3 rings (SSSR count). The second kappa shape index (κ2) is 11.6. The van der Waals surface area contributed by atoms with E-state index in [1.165, 1.54) is 0 Å². The number of anilines is 1. The minimum Gasteiger partial charge on any atom is -0.497 e. The molecule has 7 heteroatoms. The molecule has 7 nitrogen and oxygen atoms in total. The molecule has 182 valence electrons. The molecule has 0 bridgehead atoms. The van der Waals surface area contributed by atoms with E-state index in [-0.39, 0.29) is 30.9 Å². The average Bonchev–Trinajstić information content (AvgIpc) is 3.14. The van der Waals surface area contributed by atoms with Gasteiger partial charge in [0.25, 0.3) is 5.91 Å². The lowest BCUT2D eigenvalue weighted by Crippen LogP contribution is -2.26. The van der Waals surface area contributed by atoms with Crippen LogP contribution in [0, 0.1) is 12.8 Å². The Bertz CT molecular complexity index is 1120. The monoisotopic (exact) mass is 466 g/mol. The summed E-state index contributed by atoms with van der Waals surface area (Å²) < 4.78 is 16.5. The standard InChI is InChI=1S/C27H34N2O5/c1-6-33-25(30)13-14-28-27(31)19-7-9-20(10-8-19)29-23(15-17(2)3)26-18(4)22-16-21(32-5)11-12-24(22)34-26/h7-12,16-17,23,29H,6,13-15H2,1-5H3,(H,28,31). The van der Waals surface area contributed by atoms with Crippen molar-refractivity contribution in [3.05, 3.63) is 59.4 Å². The van der Waals surface area contributed by atoms with Gasteiger partial charge in [-0.15, -0.1) is 0 Å². The summed E-state index contributed by atoms with van der Waals surface area (Å²) in [5.41, 5.74) is 3.34. The maximum atomic E-state index is 12.4. The molecule has 0 aliphatic heterocycles. The normalized spacial score (nSPS) is 11.9. The molecule has 1 atom stereocenters. The van der Waals surface area contributed by atoms with Gasteiger partial charge in [-0.2, -0.15) is 0 Å². The molecule has 1 amide bonds. The summed E-state index contributed by atoms with van der Waals surface area (Å²) >= 11 is 0. The Kier molecular flexibility index (Phi) is 8.57. The van der Waals surface area contributed by atoms with Gasteiger partial charge in [-0.1, -0.05) is 13.8 Å². The van der Waals surface area contributed by atoms with Crippen molar-refractivity contribution < 1.29 is 23.5 Å². The number of carbonyl (C=O) groups is 2. The zero-order valence-corrected chi connectivity index (χ0v) is 20.6. The van der Waals surface area contributed by atoms with E-state index in [0.29, 0.717) is 18.1 Å². The largest absolute Gasteiger partial charge is 0.497 e. The minimum absolute atomic E-state index is 0.0253. The molecule has 1 unspecified atom stereocenters. The van der Waals surface area contributed by atoms with Crippen molar-refractivity contribution in [2.45, 2.75) is 46.6 Å². The van der Waals surface area contributed by atoms with Crippen LogP contribution in [0.1, 0.15) is 61.3 Å². The lowest BCUT2D eigenvalue weighted by molar-refractivity contribution is -0.142. The lowest BCUT2D eigenvalue weighted by atomic mass is 9.98. The van der Waals surface area contributed by atoms with Crippen LogP contribution < -0.4 is 15.4 Å². The van der Waals surface area contributed by atoms with Gasteiger partial charge in [0.1, 0.15) is 17.1 Å². The summed E-state index contributed by atoms with van der Waals surface area (Å²) in [6.07, 6.45) is 1.03. The van der Waals surface area contributed by atoms with Crippen molar-refractivity contribution in [2.24, 2.45) is 5.92 Å². The predicted octanol–water partition coefficient (Wildman–Crippen LogP) is 5.63. The third kappa shape index (κ3) is 6.31. The second-order valence-corrected chi connectivity index (χ2v) is 8.67. The van der Waals surface area contributed by atoms with Crippen LogP contribution in [0.2, 0.25) is 0 Å². The van der Waals surface area contributed by atoms with Crippen LogP contribution in [0.4, 0.5) is 5.69 Å². The highest BCUT2D eigenvalue weighted by atomic mass is 16.5. The molecule has 3 aromatic rings. The Balaban J connectivity index is 1.72. The molecule has 0 aliphatic carbocycles. The van der Waals surface area contributed by atoms with Crippen molar-refractivity contribution in [3.8, 4) is 5.75 Å². The van der Waals surface area contributed by atoms with Crippen LogP contribution in [-0.4, -0.2) is 32.1 Å². The highest BCUT2D eigenvalue weighted by Gasteiger charge is 2.22. The number of aryl methyl sites for hydroxylation is 1. The average molecular weight is 467 g/mol. The number of hydrogen-bond donors (Lipinski definition) is 2. The molecular formula is C27H34N2O5. The van der Waals surface area contributed by atoms with E-state index in [0.717, 1.165) is 40.2 Å². The zero-order valence-electron chi connectivity index (χ0n) is 20.6. The first-order chi connectivity index (χ1) is 16.3. The van der Waals surface area contributed by atoms with Gasteiger partial charge in [0, 0.05) is 28.7 Å². The van der Waals surface area contributed by atoms with Crippen LogP contribution >= 0.6 is 0 Å². The fraction of sp³-hybridized carbons (Fsp3) is 0.407. The highest BCUT2D eigenvalue weighted by molar-refractivity contribution is 5.94. The van der Waals surface area contributed by atoms with Gasteiger partial charge < -0.3 is 24.5 Å². The maximum absolute atomic E-state index is 12.4. The topological polar surface area (TPSA) is 89.8 Å². The van der Waals surface area contributed by atoms with Crippen molar-refractivity contribution in [3.63, 3.8) is 0 Å². The smallest absolute Gasteiger partial charge is 0.307 e. The van der Waals surface area contributed by atoms with Gasteiger partial charge in [-0.25, -0.2) is 0 Å². The van der Waals surface area contributed by atoms with Crippen LogP contribution in [0.3, 0.4) is 0 Å². The highest BCUT2D eigenvalue weighted by Crippen LogP contribution is 2.36. The van der Waals surface area contributed by atoms with E-state index in [9.17, 15) is 9.59 Å². The summed E-state index contributed by atoms with van der Waals surface area (Å²) in [6, 6.07) is 13.1. The molecule has 0 spiro atoms. The first-order valence-electron chi connectivity index (χ1n) is 11.7. The first-order valence-corrected chi connectivity index (χ1v) is 11.7. The van der Waals surface area contributed by atoms with E-state index in [4.69, 9.17) is 13.9 Å². The molecule has 2 aromatic carbocycles. The maximum Gasteiger partial charge on any atom is 0.307 e. The SMILES string of the molecule is CCOC(=O)CCNC(=O)c1ccc(NC(CC(C)C)c2oc3ccc(OC)cc3c2C)cc1. The second-order valence-electron chi connectivity index (χ2n) is 8.67. The van der Waals surface area contributed by atoms with Gasteiger partial charge in [0.05, 0.1) is 26.2 Å². The molecule has 0 saturated heterocycles. The van der Waals surface area contributed by atoms with Crippen LogP contribution in [0.5, 0.6) is 5.75 Å². The van der Waals surface area contributed by atoms with E-state index < -0.39 is 0 Å². The number of hydrogen-bond acceptors (Lipinski definition) is 6. The molecular weight excluding hydrogens is 432 g/mol. The molecule has 0 radical (unpaired) electrons. The summed E-state index contributed by atoms with van der Waals surface area (Å²) in [7, 11) is 1.66. The summed E-state index contributed by atoms with van der Waals surface area (Å²) in [6.45, 7) is 8.76. The number of ether oxygens (including phenoxy) is 2. The number of amides is 1. The third-order valence-electron chi connectivity index (χ3n) is 5.61. The number of rotatable bonds is 11. The van der Waals surface area contributed by atoms with Gasteiger partial charge in [-0.3, -0.25) is 9.59 Å². The number of carbonyl (C=O) groups excluding carboxylic acids is 2. The molecule has 0 fully saturated rings. The van der Waals surface area contributed by atoms with E-state index in [1.54, 1.807) is 26.2 Å². The van der Waals surface area contributed by atoms with Crippen molar-refractivity contribution in [2.75, 3.05) is 25.6 Å². The van der Waals surface area contributed by atoms with E-state index >= 15 is 0 Å². The van der Waals surface area contributed by atoms with E-state index in [2.05, 4.69) is 31.4 Å². The van der Waals surface area contributed by atoms with Gasteiger partial charge >= 0.3 is 5.97 Å². The summed E-state index contributed by atoms with van der Waals surface area (Å²) in [4.78, 5) is 23.8. The Hall–Kier alpha value is -3.48.